The van der Waals surface area contributed by atoms with Crippen molar-refractivity contribution < 1.29 is 29.0 Å². The summed E-state index contributed by atoms with van der Waals surface area (Å²) < 4.78 is 10.5. The largest absolute Gasteiger partial charge is 0.502 e. The third kappa shape index (κ3) is 7.91. The summed E-state index contributed by atoms with van der Waals surface area (Å²) in [5, 5.41) is 13.1. The molecule has 41 heavy (non-hydrogen) atoms. The van der Waals surface area contributed by atoms with Crippen molar-refractivity contribution in [2.45, 2.75) is 31.8 Å². The Hall–Kier alpha value is -4.72. The standard InChI is InChI=1S/C27H33N7O6S/c1-15(23(28)36)32-24(37)18(10-7-11-31-26(29)30)34-25(38)21(41-27(34)33-17-8-5-4-6-9-17)14-16-12-19(39-2)22(35)20(13-16)40-3/h4-6,8-9,12-15,18,35H,7,10-11H2,1-3H3,(H2,28,36)(H,32,37)(H4,29,30,31)/b21-14-,33-27?/t15-,18-/m0/s1. The Morgan fingerprint density at radius 1 is 1.12 bits per heavy atom. The average Bonchev–Trinajstić information content (AvgIpc) is 3.23. The fraction of sp³-hybridized carbons (Fsp3) is 0.296. The van der Waals surface area contributed by atoms with Gasteiger partial charge in [-0.3, -0.25) is 24.3 Å². The van der Waals surface area contributed by atoms with Crippen LogP contribution in [0.25, 0.3) is 6.08 Å². The van der Waals surface area contributed by atoms with Crippen LogP contribution in [0, 0.1) is 0 Å². The molecule has 1 fully saturated rings. The molecule has 1 heterocycles. The van der Waals surface area contributed by atoms with E-state index in [4.69, 9.17) is 26.7 Å². The van der Waals surface area contributed by atoms with Gasteiger partial charge in [0.15, 0.2) is 22.6 Å². The molecule has 2 aromatic carbocycles. The number of nitrogens with two attached hydrogens (primary N) is 3. The summed E-state index contributed by atoms with van der Waals surface area (Å²) >= 11 is 1.07. The van der Waals surface area contributed by atoms with Crippen molar-refractivity contribution in [3.63, 3.8) is 0 Å². The predicted octanol–water partition coefficient (Wildman–Crippen LogP) is 1.43. The molecular weight excluding hydrogens is 550 g/mol. The van der Waals surface area contributed by atoms with Gasteiger partial charge in [-0.1, -0.05) is 18.2 Å². The van der Waals surface area contributed by atoms with E-state index in [-0.39, 0.29) is 46.2 Å². The molecule has 218 valence electrons. The molecule has 1 saturated heterocycles. The van der Waals surface area contributed by atoms with Crippen molar-refractivity contribution in [3.05, 3.63) is 52.9 Å². The van der Waals surface area contributed by atoms with Crippen LogP contribution < -0.4 is 32.0 Å². The van der Waals surface area contributed by atoms with Crippen molar-refractivity contribution in [2.24, 2.45) is 27.2 Å². The molecule has 8 N–H and O–H groups in total. The second-order valence-corrected chi connectivity index (χ2v) is 9.90. The molecule has 0 aromatic heterocycles. The van der Waals surface area contributed by atoms with E-state index in [2.05, 4.69) is 15.3 Å². The maximum Gasteiger partial charge on any atom is 0.267 e. The van der Waals surface area contributed by atoms with Crippen LogP contribution in [0.4, 0.5) is 5.69 Å². The first-order valence-corrected chi connectivity index (χ1v) is 13.3. The number of guanidine groups is 1. The SMILES string of the molecule is COc1cc(/C=C2\SC(=Nc3ccccc3)N([C@@H](CCCN=C(N)N)C(=O)N[C@@H](C)C(N)=O)C2=O)cc(OC)c1O. The number of rotatable bonds is 12. The number of methoxy groups -OCH3 is 2. The lowest BCUT2D eigenvalue weighted by Crippen LogP contribution is -2.53. The summed E-state index contributed by atoms with van der Waals surface area (Å²) in [6.07, 6.45) is 2.08. The zero-order valence-electron chi connectivity index (χ0n) is 22.9. The summed E-state index contributed by atoms with van der Waals surface area (Å²) in [5.74, 6) is -1.80. The Bertz CT molecular complexity index is 1350. The number of carbonyl (C=O) groups is 3. The average molecular weight is 584 g/mol. The molecule has 0 unspecified atom stereocenters. The van der Waals surface area contributed by atoms with E-state index in [0.717, 1.165) is 11.8 Å². The monoisotopic (exact) mass is 583 g/mol. The van der Waals surface area contributed by atoms with Crippen molar-refractivity contribution in [1.29, 1.82) is 0 Å². The van der Waals surface area contributed by atoms with Crippen molar-refractivity contribution in [3.8, 4) is 17.2 Å². The van der Waals surface area contributed by atoms with Gasteiger partial charge in [0, 0.05) is 6.54 Å². The van der Waals surface area contributed by atoms with Gasteiger partial charge in [0.05, 0.1) is 24.8 Å². The Morgan fingerprint density at radius 2 is 1.76 bits per heavy atom. The molecular formula is C27H33N7O6S. The van der Waals surface area contributed by atoms with Crippen molar-refractivity contribution in [2.75, 3.05) is 20.8 Å². The van der Waals surface area contributed by atoms with Gasteiger partial charge in [-0.25, -0.2) is 4.99 Å². The lowest BCUT2D eigenvalue weighted by molar-refractivity contribution is -0.134. The zero-order valence-corrected chi connectivity index (χ0v) is 23.7. The number of phenols is 1. The number of amides is 3. The number of ether oxygens (including phenoxy) is 2. The number of para-hydroxylation sites is 1. The summed E-state index contributed by atoms with van der Waals surface area (Å²) in [6.45, 7) is 1.67. The molecule has 3 amide bonds. The number of aromatic hydroxyl groups is 1. The van der Waals surface area contributed by atoms with Gasteiger partial charge in [-0.2, -0.15) is 0 Å². The maximum absolute atomic E-state index is 13.9. The fourth-order valence-corrected chi connectivity index (χ4v) is 4.89. The Balaban J connectivity index is 2.09. The van der Waals surface area contributed by atoms with Gasteiger partial charge < -0.3 is 37.1 Å². The number of hydrogen-bond acceptors (Lipinski definition) is 9. The van der Waals surface area contributed by atoms with Crippen LogP contribution in [0.3, 0.4) is 0 Å². The van der Waals surface area contributed by atoms with E-state index in [1.165, 1.54) is 26.0 Å². The van der Waals surface area contributed by atoms with E-state index in [1.807, 2.05) is 6.07 Å². The first-order valence-electron chi connectivity index (χ1n) is 12.5. The first-order chi connectivity index (χ1) is 19.5. The molecule has 13 nitrogen and oxygen atoms in total. The number of benzene rings is 2. The van der Waals surface area contributed by atoms with E-state index >= 15 is 0 Å². The van der Waals surface area contributed by atoms with Crippen molar-refractivity contribution >= 4 is 52.4 Å². The second kappa shape index (κ2) is 14.1. The minimum Gasteiger partial charge on any atom is -0.502 e. The fourth-order valence-electron chi connectivity index (χ4n) is 3.85. The molecule has 0 bridgehead atoms. The molecule has 0 saturated carbocycles. The van der Waals surface area contributed by atoms with Crippen LogP contribution in [-0.2, 0) is 14.4 Å². The van der Waals surface area contributed by atoms with Crippen LogP contribution in [0.5, 0.6) is 17.2 Å². The highest BCUT2D eigenvalue weighted by molar-refractivity contribution is 8.18. The minimum absolute atomic E-state index is 0.0996. The van der Waals surface area contributed by atoms with Crippen LogP contribution in [0.2, 0.25) is 0 Å². The van der Waals surface area contributed by atoms with Gasteiger partial charge in [0.25, 0.3) is 5.91 Å². The number of hydrogen-bond donors (Lipinski definition) is 5. The highest BCUT2D eigenvalue weighted by Gasteiger charge is 2.41. The lowest BCUT2D eigenvalue weighted by atomic mass is 10.1. The smallest absolute Gasteiger partial charge is 0.267 e. The van der Waals surface area contributed by atoms with Crippen LogP contribution in [0.1, 0.15) is 25.3 Å². The van der Waals surface area contributed by atoms with Crippen molar-refractivity contribution in [1.82, 2.24) is 10.2 Å². The number of thioether (sulfide) groups is 1. The van der Waals surface area contributed by atoms with Gasteiger partial charge in [0.1, 0.15) is 12.1 Å². The molecule has 0 radical (unpaired) electrons. The topological polar surface area (TPSA) is 208 Å². The number of amidine groups is 1. The summed E-state index contributed by atoms with van der Waals surface area (Å²) in [4.78, 5) is 49.2. The van der Waals surface area contributed by atoms with E-state index < -0.39 is 29.8 Å². The Labute approximate surface area is 241 Å². The van der Waals surface area contributed by atoms with Crippen LogP contribution in [0.15, 0.2) is 57.4 Å². The normalized spacial score (nSPS) is 16.4. The van der Waals surface area contributed by atoms with E-state index in [9.17, 15) is 19.5 Å². The van der Waals surface area contributed by atoms with Gasteiger partial charge in [-0.15, -0.1) is 0 Å². The van der Waals surface area contributed by atoms with Gasteiger partial charge in [-0.05, 0) is 67.4 Å². The molecule has 0 spiro atoms. The number of phenolic OH excluding ortho intramolecular Hbond substituents is 1. The summed E-state index contributed by atoms with van der Waals surface area (Å²) in [6, 6.07) is 9.99. The second-order valence-electron chi connectivity index (χ2n) is 8.89. The Morgan fingerprint density at radius 3 is 2.32 bits per heavy atom. The highest BCUT2D eigenvalue weighted by atomic mass is 32.2. The number of carbonyl (C=O) groups excluding carboxylic acids is 3. The quantitative estimate of drug-likeness (QED) is 0.106. The van der Waals surface area contributed by atoms with Gasteiger partial charge in [0.2, 0.25) is 17.6 Å². The third-order valence-electron chi connectivity index (χ3n) is 5.95. The molecule has 1 aliphatic rings. The molecule has 0 aliphatic carbocycles. The summed E-state index contributed by atoms with van der Waals surface area (Å²) in [5.41, 5.74) is 17.3. The molecule has 2 atom stereocenters. The molecule has 3 rings (SSSR count). The zero-order chi connectivity index (χ0) is 30.1. The Kier molecular flexibility index (Phi) is 10.6. The first kappa shape index (κ1) is 30.8. The highest BCUT2D eigenvalue weighted by Crippen LogP contribution is 2.40. The van der Waals surface area contributed by atoms with Gasteiger partial charge >= 0.3 is 0 Å². The number of aliphatic imine (C=N–C) groups is 2. The number of nitrogens with zero attached hydrogens (tertiary/aromatic N) is 3. The van der Waals surface area contributed by atoms with Crippen LogP contribution in [-0.4, -0.2) is 71.7 Å². The number of primary amides is 1. The molecule has 2 aromatic rings. The predicted molar refractivity (Wildman–Crippen MR) is 158 cm³/mol. The van der Waals surface area contributed by atoms with E-state index in [1.54, 1.807) is 42.5 Å². The number of nitrogens with one attached hydrogen (secondary N) is 1. The molecule has 1 aliphatic heterocycles. The lowest BCUT2D eigenvalue weighted by Gasteiger charge is -2.27. The summed E-state index contributed by atoms with van der Waals surface area (Å²) in [7, 11) is 2.79. The van der Waals surface area contributed by atoms with Crippen LogP contribution >= 0.6 is 11.8 Å². The maximum atomic E-state index is 13.9. The van der Waals surface area contributed by atoms with E-state index in [0.29, 0.717) is 17.7 Å². The molecule has 14 heteroatoms. The third-order valence-corrected chi connectivity index (χ3v) is 6.93. The minimum atomic E-state index is -1.07.